The predicted molar refractivity (Wildman–Crippen MR) is 87.1 cm³/mol. The lowest BCUT2D eigenvalue weighted by Gasteiger charge is -2.19. The van der Waals surface area contributed by atoms with Crippen LogP contribution < -0.4 is 5.32 Å². The summed E-state index contributed by atoms with van der Waals surface area (Å²) in [5, 5.41) is 3.38. The molecule has 0 radical (unpaired) electrons. The summed E-state index contributed by atoms with van der Waals surface area (Å²) >= 11 is 3.63. The third kappa shape index (κ3) is 3.69. The Balaban J connectivity index is 2.22. The monoisotopic (exact) mass is 333 g/mol. The predicted octanol–water partition coefficient (Wildman–Crippen LogP) is 3.95. The van der Waals surface area contributed by atoms with Gasteiger partial charge in [0, 0.05) is 11.6 Å². The molecule has 0 fully saturated rings. The third-order valence-corrected chi connectivity index (χ3v) is 4.13. The summed E-state index contributed by atoms with van der Waals surface area (Å²) in [4.78, 5) is 0. The highest BCUT2D eigenvalue weighted by Gasteiger charge is 2.14. The van der Waals surface area contributed by atoms with Crippen molar-refractivity contribution in [2.75, 3.05) is 20.8 Å². The molecule has 2 aromatic carbocycles. The molecule has 0 spiro atoms. The number of nitrogens with one attached hydrogen (secondary N) is 1. The Bertz CT molecular complexity index is 539. The van der Waals surface area contributed by atoms with E-state index in [-0.39, 0.29) is 6.04 Å². The Morgan fingerprint density at radius 2 is 1.80 bits per heavy atom. The molecule has 0 aliphatic carbocycles. The number of hydrogen-bond donors (Lipinski definition) is 1. The molecule has 0 saturated heterocycles. The van der Waals surface area contributed by atoms with E-state index in [1.54, 1.807) is 7.11 Å². The Kier molecular flexibility index (Phi) is 5.77. The molecule has 0 heterocycles. The van der Waals surface area contributed by atoms with Gasteiger partial charge in [-0.05, 0) is 36.2 Å². The molecule has 2 aromatic rings. The van der Waals surface area contributed by atoms with Crippen molar-refractivity contribution >= 4 is 15.9 Å². The minimum atomic E-state index is 0.196. The van der Waals surface area contributed by atoms with Crippen LogP contribution in [0, 0.1) is 0 Å². The van der Waals surface area contributed by atoms with E-state index in [0.717, 1.165) is 17.5 Å². The van der Waals surface area contributed by atoms with E-state index in [1.807, 2.05) is 13.1 Å². The smallest absolute Gasteiger partial charge is 0.0585 e. The van der Waals surface area contributed by atoms with Gasteiger partial charge in [0.15, 0.2) is 0 Å². The van der Waals surface area contributed by atoms with Gasteiger partial charge < -0.3 is 10.1 Å². The highest BCUT2D eigenvalue weighted by Crippen LogP contribution is 2.28. The van der Waals surface area contributed by atoms with E-state index in [1.165, 1.54) is 16.7 Å². The van der Waals surface area contributed by atoms with Gasteiger partial charge in [0.25, 0.3) is 0 Å². The Morgan fingerprint density at radius 3 is 2.40 bits per heavy atom. The van der Waals surface area contributed by atoms with E-state index in [2.05, 4.69) is 63.7 Å². The van der Waals surface area contributed by atoms with Crippen LogP contribution in [0.4, 0.5) is 0 Å². The first-order valence-corrected chi connectivity index (χ1v) is 7.55. The van der Waals surface area contributed by atoms with Crippen LogP contribution in [0.1, 0.15) is 22.7 Å². The van der Waals surface area contributed by atoms with Crippen LogP contribution in [-0.2, 0) is 11.2 Å². The van der Waals surface area contributed by atoms with Gasteiger partial charge >= 0.3 is 0 Å². The molecule has 0 aliphatic heterocycles. The van der Waals surface area contributed by atoms with E-state index < -0.39 is 0 Å². The summed E-state index contributed by atoms with van der Waals surface area (Å²) in [6, 6.07) is 17.2. The molecule has 20 heavy (non-hydrogen) atoms. The van der Waals surface area contributed by atoms with Crippen LogP contribution in [0.15, 0.2) is 53.0 Å². The van der Waals surface area contributed by atoms with Crippen molar-refractivity contribution in [1.82, 2.24) is 5.32 Å². The Morgan fingerprint density at radius 1 is 1.10 bits per heavy atom. The van der Waals surface area contributed by atoms with E-state index in [4.69, 9.17) is 4.74 Å². The SMILES string of the molecule is CNC(c1ccc(CCOC)cc1)c1ccccc1Br. The van der Waals surface area contributed by atoms with Crippen molar-refractivity contribution in [1.29, 1.82) is 0 Å². The van der Waals surface area contributed by atoms with Gasteiger partial charge in [0.2, 0.25) is 0 Å². The molecule has 0 aromatic heterocycles. The topological polar surface area (TPSA) is 21.3 Å². The minimum Gasteiger partial charge on any atom is -0.384 e. The molecule has 2 rings (SSSR count). The fourth-order valence-corrected chi connectivity index (χ4v) is 2.82. The summed E-state index contributed by atoms with van der Waals surface area (Å²) < 4.78 is 6.24. The second-order valence-electron chi connectivity index (χ2n) is 4.73. The fourth-order valence-electron chi connectivity index (χ4n) is 2.31. The summed E-state index contributed by atoms with van der Waals surface area (Å²) in [7, 11) is 3.72. The molecule has 1 atom stereocenters. The number of methoxy groups -OCH3 is 1. The molecule has 0 saturated carbocycles. The van der Waals surface area contributed by atoms with Gasteiger partial charge in [-0.2, -0.15) is 0 Å². The summed E-state index contributed by atoms with van der Waals surface area (Å²) in [6.45, 7) is 0.763. The maximum atomic E-state index is 5.11. The first-order valence-electron chi connectivity index (χ1n) is 6.75. The maximum Gasteiger partial charge on any atom is 0.0585 e. The molecule has 1 unspecified atom stereocenters. The highest BCUT2D eigenvalue weighted by molar-refractivity contribution is 9.10. The lowest BCUT2D eigenvalue weighted by molar-refractivity contribution is 0.202. The van der Waals surface area contributed by atoms with Gasteiger partial charge in [-0.3, -0.25) is 0 Å². The Hall–Kier alpha value is -1.16. The quantitative estimate of drug-likeness (QED) is 0.864. The second kappa shape index (κ2) is 7.58. The van der Waals surface area contributed by atoms with Crippen LogP contribution in [0.25, 0.3) is 0 Å². The van der Waals surface area contributed by atoms with Gasteiger partial charge in [0.05, 0.1) is 12.6 Å². The van der Waals surface area contributed by atoms with Gasteiger partial charge in [-0.1, -0.05) is 58.4 Å². The third-order valence-electron chi connectivity index (χ3n) is 3.41. The van der Waals surface area contributed by atoms with Crippen molar-refractivity contribution in [3.8, 4) is 0 Å². The number of hydrogen-bond acceptors (Lipinski definition) is 2. The molecule has 106 valence electrons. The normalized spacial score (nSPS) is 12.3. The average Bonchev–Trinajstić information content (AvgIpc) is 2.49. The Labute approximate surface area is 129 Å². The van der Waals surface area contributed by atoms with Crippen molar-refractivity contribution in [3.63, 3.8) is 0 Å². The van der Waals surface area contributed by atoms with Gasteiger partial charge in [-0.25, -0.2) is 0 Å². The molecule has 0 bridgehead atoms. The summed E-state index contributed by atoms with van der Waals surface area (Å²) in [5.41, 5.74) is 3.82. The fraction of sp³-hybridized carbons (Fsp3) is 0.294. The van der Waals surface area contributed by atoms with Crippen molar-refractivity contribution in [3.05, 3.63) is 69.7 Å². The highest BCUT2D eigenvalue weighted by atomic mass is 79.9. The van der Waals surface area contributed by atoms with E-state index in [0.29, 0.717) is 0 Å². The second-order valence-corrected chi connectivity index (χ2v) is 5.58. The van der Waals surface area contributed by atoms with Crippen LogP contribution in [0.5, 0.6) is 0 Å². The zero-order valence-corrected chi connectivity index (χ0v) is 13.5. The zero-order chi connectivity index (χ0) is 14.4. The molecular weight excluding hydrogens is 314 g/mol. The molecular formula is C17H20BrNO. The van der Waals surface area contributed by atoms with Gasteiger partial charge in [0.1, 0.15) is 0 Å². The largest absolute Gasteiger partial charge is 0.384 e. The van der Waals surface area contributed by atoms with Crippen molar-refractivity contribution < 1.29 is 4.74 Å². The van der Waals surface area contributed by atoms with Crippen LogP contribution in [0.2, 0.25) is 0 Å². The number of ether oxygens (including phenoxy) is 1. The first-order chi connectivity index (χ1) is 9.76. The lowest BCUT2D eigenvalue weighted by Crippen LogP contribution is -2.18. The van der Waals surface area contributed by atoms with Crippen LogP contribution in [-0.4, -0.2) is 20.8 Å². The molecule has 0 amide bonds. The molecule has 2 nitrogen and oxygen atoms in total. The maximum absolute atomic E-state index is 5.11. The van der Waals surface area contributed by atoms with Crippen LogP contribution >= 0.6 is 15.9 Å². The molecule has 1 N–H and O–H groups in total. The first kappa shape index (κ1) is 15.2. The molecule has 3 heteroatoms. The van der Waals surface area contributed by atoms with E-state index in [9.17, 15) is 0 Å². The summed E-state index contributed by atoms with van der Waals surface area (Å²) in [6.07, 6.45) is 0.954. The van der Waals surface area contributed by atoms with Gasteiger partial charge in [-0.15, -0.1) is 0 Å². The van der Waals surface area contributed by atoms with Crippen molar-refractivity contribution in [2.45, 2.75) is 12.5 Å². The standard InChI is InChI=1S/C17H20BrNO/c1-19-17(15-5-3-4-6-16(15)18)14-9-7-13(8-10-14)11-12-20-2/h3-10,17,19H,11-12H2,1-2H3. The number of rotatable bonds is 6. The number of halogens is 1. The molecule has 0 aliphatic rings. The minimum absolute atomic E-state index is 0.196. The van der Waals surface area contributed by atoms with Crippen LogP contribution in [0.3, 0.4) is 0 Å². The number of benzene rings is 2. The summed E-state index contributed by atoms with van der Waals surface area (Å²) in [5.74, 6) is 0. The average molecular weight is 334 g/mol. The van der Waals surface area contributed by atoms with E-state index >= 15 is 0 Å². The zero-order valence-electron chi connectivity index (χ0n) is 11.9. The van der Waals surface area contributed by atoms with Crippen molar-refractivity contribution in [2.24, 2.45) is 0 Å². The lowest BCUT2D eigenvalue weighted by atomic mass is 9.97.